The first kappa shape index (κ1) is 10.9. The number of allylic oxidation sites excluding steroid dienone is 3. The predicted molar refractivity (Wildman–Crippen MR) is 65.7 cm³/mol. The summed E-state index contributed by atoms with van der Waals surface area (Å²) in [7, 11) is 0. The summed E-state index contributed by atoms with van der Waals surface area (Å²) in [6.45, 7) is 5.57. The summed E-state index contributed by atoms with van der Waals surface area (Å²) in [4.78, 5) is 0. The molecule has 1 heteroatoms. The maximum Gasteiger partial charge on any atom is 0.00729 e. The SMILES string of the molecule is C/C=C/CCNC(C)C1CC2C=CC1C2. The van der Waals surface area contributed by atoms with E-state index >= 15 is 0 Å². The second kappa shape index (κ2) is 4.98. The summed E-state index contributed by atoms with van der Waals surface area (Å²) >= 11 is 0. The van der Waals surface area contributed by atoms with Crippen LogP contribution in [-0.4, -0.2) is 12.6 Å². The zero-order chi connectivity index (χ0) is 10.7. The van der Waals surface area contributed by atoms with Crippen LogP contribution in [0.2, 0.25) is 0 Å². The van der Waals surface area contributed by atoms with Crippen molar-refractivity contribution < 1.29 is 0 Å². The van der Waals surface area contributed by atoms with E-state index in [9.17, 15) is 0 Å². The Labute approximate surface area is 93.6 Å². The highest BCUT2D eigenvalue weighted by molar-refractivity contribution is 5.11. The first-order valence-electron chi connectivity index (χ1n) is 6.34. The van der Waals surface area contributed by atoms with Gasteiger partial charge in [0.2, 0.25) is 0 Å². The van der Waals surface area contributed by atoms with Crippen molar-refractivity contribution >= 4 is 0 Å². The van der Waals surface area contributed by atoms with Crippen molar-refractivity contribution in [3.05, 3.63) is 24.3 Å². The average Bonchev–Trinajstić information content (AvgIpc) is 2.85. The Morgan fingerprint density at radius 1 is 1.40 bits per heavy atom. The zero-order valence-electron chi connectivity index (χ0n) is 9.95. The van der Waals surface area contributed by atoms with E-state index < -0.39 is 0 Å². The lowest BCUT2D eigenvalue weighted by atomic mass is 9.87. The Kier molecular flexibility index (Phi) is 3.63. The van der Waals surface area contributed by atoms with E-state index in [0.29, 0.717) is 6.04 Å². The zero-order valence-corrected chi connectivity index (χ0v) is 9.95. The van der Waals surface area contributed by atoms with Crippen LogP contribution in [0.4, 0.5) is 0 Å². The molecule has 1 N–H and O–H groups in total. The minimum absolute atomic E-state index is 0.690. The maximum atomic E-state index is 3.66. The lowest BCUT2D eigenvalue weighted by molar-refractivity contribution is 0.330. The van der Waals surface area contributed by atoms with Gasteiger partial charge < -0.3 is 5.32 Å². The van der Waals surface area contributed by atoms with Crippen molar-refractivity contribution in [1.29, 1.82) is 0 Å². The molecule has 4 unspecified atom stereocenters. The molecule has 0 saturated heterocycles. The molecule has 15 heavy (non-hydrogen) atoms. The van der Waals surface area contributed by atoms with Crippen LogP contribution in [0.25, 0.3) is 0 Å². The van der Waals surface area contributed by atoms with Crippen LogP contribution in [0.15, 0.2) is 24.3 Å². The van der Waals surface area contributed by atoms with Crippen LogP contribution < -0.4 is 5.32 Å². The van der Waals surface area contributed by atoms with E-state index in [1.165, 1.54) is 12.8 Å². The van der Waals surface area contributed by atoms with E-state index in [4.69, 9.17) is 0 Å². The van der Waals surface area contributed by atoms with E-state index in [1.807, 2.05) is 0 Å². The largest absolute Gasteiger partial charge is 0.314 e. The molecule has 0 aromatic heterocycles. The van der Waals surface area contributed by atoms with Gasteiger partial charge in [-0.05, 0) is 57.4 Å². The maximum absolute atomic E-state index is 3.66. The summed E-state index contributed by atoms with van der Waals surface area (Å²) in [5.41, 5.74) is 0. The third-order valence-electron chi connectivity index (χ3n) is 3.99. The quantitative estimate of drug-likeness (QED) is 0.537. The Hall–Kier alpha value is -0.560. The van der Waals surface area contributed by atoms with Crippen LogP contribution in [0.5, 0.6) is 0 Å². The molecule has 0 aromatic carbocycles. The second-order valence-corrected chi connectivity index (χ2v) is 5.04. The highest BCUT2D eigenvalue weighted by atomic mass is 14.9. The first-order valence-corrected chi connectivity index (χ1v) is 6.34. The summed E-state index contributed by atoms with van der Waals surface area (Å²) in [5, 5.41) is 3.66. The molecule has 0 heterocycles. The molecular formula is C14H23N. The summed E-state index contributed by atoms with van der Waals surface area (Å²) in [6, 6.07) is 0.690. The number of rotatable bonds is 5. The summed E-state index contributed by atoms with van der Waals surface area (Å²) in [6.07, 6.45) is 13.2. The number of hydrogen-bond donors (Lipinski definition) is 1. The van der Waals surface area contributed by atoms with Gasteiger partial charge in [-0.15, -0.1) is 0 Å². The van der Waals surface area contributed by atoms with Crippen molar-refractivity contribution in [2.75, 3.05) is 6.54 Å². The second-order valence-electron chi connectivity index (χ2n) is 5.04. The molecule has 84 valence electrons. The standard InChI is InChI=1S/C14H23N/c1-3-4-5-8-15-11(2)14-10-12-6-7-13(14)9-12/h3-4,6-7,11-15H,5,8-10H2,1-2H3/b4-3+. The normalized spacial score (nSPS) is 35.5. The van der Waals surface area contributed by atoms with Gasteiger partial charge in [-0.2, -0.15) is 0 Å². The first-order chi connectivity index (χ1) is 7.31. The molecule has 0 spiro atoms. The number of hydrogen-bond acceptors (Lipinski definition) is 1. The molecule has 2 bridgehead atoms. The van der Waals surface area contributed by atoms with Crippen molar-refractivity contribution in [3.63, 3.8) is 0 Å². The van der Waals surface area contributed by atoms with Gasteiger partial charge in [0, 0.05) is 6.04 Å². The third-order valence-corrected chi connectivity index (χ3v) is 3.99. The topological polar surface area (TPSA) is 12.0 Å². The van der Waals surface area contributed by atoms with E-state index in [2.05, 4.69) is 43.5 Å². The van der Waals surface area contributed by atoms with Gasteiger partial charge >= 0.3 is 0 Å². The smallest absolute Gasteiger partial charge is 0.00729 e. The summed E-state index contributed by atoms with van der Waals surface area (Å²) in [5.74, 6) is 2.67. The van der Waals surface area contributed by atoms with Crippen LogP contribution in [0.1, 0.15) is 33.1 Å². The average molecular weight is 205 g/mol. The van der Waals surface area contributed by atoms with Gasteiger partial charge in [0.15, 0.2) is 0 Å². The van der Waals surface area contributed by atoms with Crippen molar-refractivity contribution in [2.45, 2.75) is 39.2 Å². The molecule has 2 aliphatic rings. The van der Waals surface area contributed by atoms with Crippen LogP contribution >= 0.6 is 0 Å². The minimum atomic E-state index is 0.690. The van der Waals surface area contributed by atoms with Crippen molar-refractivity contribution in [3.8, 4) is 0 Å². The Morgan fingerprint density at radius 2 is 2.27 bits per heavy atom. The van der Waals surface area contributed by atoms with Crippen LogP contribution in [0, 0.1) is 17.8 Å². The Morgan fingerprint density at radius 3 is 2.87 bits per heavy atom. The van der Waals surface area contributed by atoms with E-state index in [1.54, 1.807) is 0 Å². The molecule has 0 aliphatic heterocycles. The molecule has 1 fully saturated rings. The summed E-state index contributed by atoms with van der Waals surface area (Å²) < 4.78 is 0. The van der Waals surface area contributed by atoms with E-state index in [0.717, 1.165) is 30.7 Å². The number of fused-ring (bicyclic) bond motifs is 2. The minimum Gasteiger partial charge on any atom is -0.314 e. The third kappa shape index (κ3) is 2.52. The van der Waals surface area contributed by atoms with Gasteiger partial charge in [0.05, 0.1) is 0 Å². The molecule has 4 atom stereocenters. The molecule has 0 radical (unpaired) electrons. The fraction of sp³-hybridized carbons (Fsp3) is 0.714. The van der Waals surface area contributed by atoms with Gasteiger partial charge in [-0.3, -0.25) is 0 Å². The monoisotopic (exact) mass is 205 g/mol. The van der Waals surface area contributed by atoms with Gasteiger partial charge in [-0.25, -0.2) is 0 Å². The predicted octanol–water partition coefficient (Wildman–Crippen LogP) is 3.14. The highest BCUT2D eigenvalue weighted by Crippen LogP contribution is 2.44. The fourth-order valence-corrected chi connectivity index (χ4v) is 3.11. The molecular weight excluding hydrogens is 182 g/mol. The van der Waals surface area contributed by atoms with Crippen LogP contribution in [-0.2, 0) is 0 Å². The van der Waals surface area contributed by atoms with Gasteiger partial charge in [-0.1, -0.05) is 24.3 Å². The van der Waals surface area contributed by atoms with Crippen molar-refractivity contribution in [1.82, 2.24) is 5.32 Å². The van der Waals surface area contributed by atoms with Crippen LogP contribution in [0.3, 0.4) is 0 Å². The molecule has 1 nitrogen and oxygen atoms in total. The lowest BCUT2D eigenvalue weighted by Crippen LogP contribution is -2.36. The van der Waals surface area contributed by atoms with Gasteiger partial charge in [0.25, 0.3) is 0 Å². The molecule has 0 aromatic rings. The van der Waals surface area contributed by atoms with Gasteiger partial charge in [0.1, 0.15) is 0 Å². The van der Waals surface area contributed by atoms with Crippen molar-refractivity contribution in [2.24, 2.45) is 17.8 Å². The fourth-order valence-electron chi connectivity index (χ4n) is 3.11. The Bertz CT molecular complexity index is 254. The Balaban J connectivity index is 1.72. The number of nitrogens with one attached hydrogen (secondary N) is 1. The van der Waals surface area contributed by atoms with E-state index in [-0.39, 0.29) is 0 Å². The molecule has 1 saturated carbocycles. The molecule has 2 rings (SSSR count). The molecule has 2 aliphatic carbocycles. The molecule has 0 amide bonds. The lowest BCUT2D eigenvalue weighted by Gasteiger charge is -2.26. The highest BCUT2D eigenvalue weighted by Gasteiger charge is 2.37.